The van der Waals surface area contributed by atoms with Gasteiger partial charge in [-0.15, -0.1) is 0 Å². The van der Waals surface area contributed by atoms with Gasteiger partial charge in [-0.05, 0) is 38.8 Å². The number of carbonyl (C=O) groups is 1. The van der Waals surface area contributed by atoms with E-state index in [0.717, 1.165) is 22.8 Å². The molecule has 9 heteroatoms. The molecule has 34 heavy (non-hydrogen) atoms. The molecule has 0 spiro atoms. The molecule has 1 N–H and O–H groups in total. The summed E-state index contributed by atoms with van der Waals surface area (Å²) in [7, 11) is 0. The number of hydroxylamine groups is 2. The van der Waals surface area contributed by atoms with E-state index in [1.165, 1.54) is 12.1 Å². The summed E-state index contributed by atoms with van der Waals surface area (Å²) < 4.78 is 45.2. The van der Waals surface area contributed by atoms with Gasteiger partial charge < -0.3 is 9.32 Å². The van der Waals surface area contributed by atoms with E-state index in [9.17, 15) is 23.2 Å². The van der Waals surface area contributed by atoms with Crippen LogP contribution < -0.4 is 0 Å². The smallest absolute Gasteiger partial charge is 0.416 e. The van der Waals surface area contributed by atoms with Gasteiger partial charge in [-0.25, -0.2) is 14.8 Å². The molecule has 3 aromatic rings. The van der Waals surface area contributed by atoms with Crippen LogP contribution in [-0.2, 0) is 6.18 Å². The van der Waals surface area contributed by atoms with E-state index in [2.05, 4.69) is 0 Å². The molecule has 0 radical (unpaired) electrons. The number of halogens is 3. The molecule has 1 aliphatic rings. The molecule has 2 heterocycles. The number of amides is 2. The average molecular weight is 473 g/mol. The predicted molar refractivity (Wildman–Crippen MR) is 120 cm³/mol. The highest BCUT2D eigenvalue weighted by Gasteiger charge is 2.32. The van der Waals surface area contributed by atoms with E-state index in [-0.39, 0.29) is 12.0 Å². The summed E-state index contributed by atoms with van der Waals surface area (Å²) >= 11 is 0. The Morgan fingerprint density at radius 1 is 1.06 bits per heavy atom. The van der Waals surface area contributed by atoms with Crippen molar-refractivity contribution >= 4 is 6.03 Å². The van der Waals surface area contributed by atoms with Crippen molar-refractivity contribution in [3.8, 4) is 22.6 Å². The van der Waals surface area contributed by atoms with E-state index in [1.807, 2.05) is 30.3 Å². The Labute approximate surface area is 195 Å². The van der Waals surface area contributed by atoms with Gasteiger partial charge in [0.2, 0.25) is 0 Å². The number of piperidine rings is 1. The molecular formula is C25H26F3N3O3. The second kappa shape index (κ2) is 9.50. The molecular weight excluding hydrogens is 447 g/mol. The van der Waals surface area contributed by atoms with Crippen molar-refractivity contribution in [2.75, 3.05) is 13.1 Å². The number of likely N-dealkylation sites (tertiary alicyclic amines) is 1. The fourth-order valence-electron chi connectivity index (χ4n) is 3.99. The Bertz CT molecular complexity index is 1120. The van der Waals surface area contributed by atoms with Crippen molar-refractivity contribution in [1.29, 1.82) is 0 Å². The lowest BCUT2D eigenvalue weighted by Crippen LogP contribution is -2.47. The van der Waals surface area contributed by atoms with Crippen LogP contribution in [0, 0.1) is 0 Å². The molecule has 1 saturated heterocycles. The number of hydrogen-bond donors (Lipinski definition) is 1. The number of urea groups is 1. The first-order chi connectivity index (χ1) is 16.1. The number of hydrogen-bond acceptors (Lipinski definition) is 4. The van der Waals surface area contributed by atoms with Gasteiger partial charge in [0.05, 0.1) is 11.6 Å². The van der Waals surface area contributed by atoms with Crippen LogP contribution in [0.15, 0.2) is 59.0 Å². The summed E-state index contributed by atoms with van der Waals surface area (Å²) in [6.07, 6.45) is -3.22. The monoisotopic (exact) mass is 473 g/mol. The van der Waals surface area contributed by atoms with Gasteiger partial charge in [-0.1, -0.05) is 42.5 Å². The van der Waals surface area contributed by atoms with Crippen LogP contribution in [0.4, 0.5) is 18.0 Å². The van der Waals surface area contributed by atoms with E-state index in [1.54, 1.807) is 18.7 Å². The molecule has 2 amide bonds. The summed E-state index contributed by atoms with van der Waals surface area (Å²) in [6.45, 7) is 4.33. The molecule has 180 valence electrons. The van der Waals surface area contributed by atoms with Crippen LogP contribution >= 0.6 is 0 Å². The molecule has 6 nitrogen and oxygen atoms in total. The Morgan fingerprint density at radius 2 is 1.68 bits per heavy atom. The Morgan fingerprint density at radius 3 is 2.24 bits per heavy atom. The second-order valence-corrected chi connectivity index (χ2v) is 8.65. The lowest BCUT2D eigenvalue weighted by Gasteiger charge is -2.33. The first-order valence-electron chi connectivity index (χ1n) is 11.2. The maximum absolute atomic E-state index is 13.0. The quantitative estimate of drug-likeness (QED) is 0.350. The fraction of sp³-hybridized carbons (Fsp3) is 0.360. The highest BCUT2D eigenvalue weighted by Crippen LogP contribution is 2.38. The van der Waals surface area contributed by atoms with Crippen molar-refractivity contribution in [3.05, 3.63) is 66.1 Å². The summed E-state index contributed by atoms with van der Waals surface area (Å²) in [4.78, 5) is 18.7. The van der Waals surface area contributed by atoms with Crippen LogP contribution in [0.5, 0.6) is 0 Å². The van der Waals surface area contributed by atoms with Crippen molar-refractivity contribution in [1.82, 2.24) is 14.9 Å². The SMILES string of the molecule is CC(C)N(O)C(=O)N1CCC(c2nc(-c3ccc(C(F)(F)F)cc3)c(-c3ccccc3)o2)CC1. The standard InChI is InChI=1S/C25H26F3N3O3/c1-16(2)31(33)24(32)30-14-12-19(13-15-30)23-29-21(22(34-23)18-6-4-3-5-7-18)17-8-10-20(11-9-17)25(26,27)28/h3-11,16,19,33H,12-15H2,1-2H3. The van der Waals surface area contributed by atoms with Crippen LogP contribution in [-0.4, -0.2) is 45.3 Å². The zero-order chi connectivity index (χ0) is 24.5. The highest BCUT2D eigenvalue weighted by molar-refractivity contribution is 5.77. The largest absolute Gasteiger partial charge is 0.440 e. The fourth-order valence-corrected chi connectivity index (χ4v) is 3.99. The third-order valence-corrected chi connectivity index (χ3v) is 5.97. The molecule has 1 aliphatic heterocycles. The number of alkyl halides is 3. The van der Waals surface area contributed by atoms with Crippen LogP contribution in [0.25, 0.3) is 22.6 Å². The van der Waals surface area contributed by atoms with E-state index >= 15 is 0 Å². The van der Waals surface area contributed by atoms with Crippen molar-refractivity contribution < 1.29 is 27.6 Å². The zero-order valence-corrected chi connectivity index (χ0v) is 18.9. The van der Waals surface area contributed by atoms with Crippen molar-refractivity contribution in [3.63, 3.8) is 0 Å². The molecule has 0 unspecified atom stereocenters. The van der Waals surface area contributed by atoms with Crippen molar-refractivity contribution in [2.45, 2.75) is 44.8 Å². The van der Waals surface area contributed by atoms with Gasteiger partial charge >= 0.3 is 12.2 Å². The topological polar surface area (TPSA) is 69.8 Å². The van der Waals surface area contributed by atoms with Gasteiger partial charge in [0, 0.05) is 30.1 Å². The zero-order valence-electron chi connectivity index (χ0n) is 18.9. The number of benzene rings is 2. The maximum atomic E-state index is 13.0. The van der Waals surface area contributed by atoms with Crippen molar-refractivity contribution in [2.24, 2.45) is 0 Å². The van der Waals surface area contributed by atoms with Crippen LogP contribution in [0.2, 0.25) is 0 Å². The molecule has 0 aliphatic carbocycles. The average Bonchev–Trinajstić information content (AvgIpc) is 3.29. The minimum Gasteiger partial charge on any atom is -0.440 e. The van der Waals surface area contributed by atoms with E-state index in [4.69, 9.17) is 9.40 Å². The second-order valence-electron chi connectivity index (χ2n) is 8.65. The van der Waals surface area contributed by atoms with Gasteiger partial charge in [-0.2, -0.15) is 13.2 Å². The van der Waals surface area contributed by atoms with E-state index in [0.29, 0.717) is 48.8 Å². The van der Waals surface area contributed by atoms with Gasteiger partial charge in [-0.3, -0.25) is 5.21 Å². The Balaban J connectivity index is 1.60. The number of nitrogens with zero attached hydrogens (tertiary/aromatic N) is 3. The Kier molecular flexibility index (Phi) is 6.65. The summed E-state index contributed by atoms with van der Waals surface area (Å²) in [5, 5.41) is 10.7. The third-order valence-electron chi connectivity index (χ3n) is 5.97. The third kappa shape index (κ3) is 4.94. The molecule has 0 atom stereocenters. The molecule has 1 fully saturated rings. The van der Waals surface area contributed by atoms with Gasteiger partial charge in [0.15, 0.2) is 11.7 Å². The minimum atomic E-state index is -4.42. The first kappa shape index (κ1) is 23.8. The molecule has 0 saturated carbocycles. The number of rotatable bonds is 4. The predicted octanol–water partition coefficient (Wildman–Crippen LogP) is 6.43. The highest BCUT2D eigenvalue weighted by atomic mass is 19.4. The number of oxazole rings is 1. The summed E-state index contributed by atoms with van der Waals surface area (Å²) in [5.41, 5.74) is 1.06. The minimum absolute atomic E-state index is 0.0547. The summed E-state index contributed by atoms with van der Waals surface area (Å²) in [6, 6.07) is 13.4. The molecule has 0 bridgehead atoms. The Hall–Kier alpha value is -3.33. The summed E-state index contributed by atoms with van der Waals surface area (Å²) in [5.74, 6) is 0.932. The maximum Gasteiger partial charge on any atom is 0.416 e. The van der Waals surface area contributed by atoms with Gasteiger partial charge in [0.1, 0.15) is 5.69 Å². The number of aromatic nitrogens is 1. The van der Waals surface area contributed by atoms with Crippen LogP contribution in [0.3, 0.4) is 0 Å². The van der Waals surface area contributed by atoms with E-state index < -0.39 is 17.8 Å². The van der Waals surface area contributed by atoms with Gasteiger partial charge in [0.25, 0.3) is 0 Å². The normalized spacial score (nSPS) is 15.1. The lowest BCUT2D eigenvalue weighted by molar-refractivity contribution is -0.137. The molecule has 4 rings (SSSR count). The first-order valence-corrected chi connectivity index (χ1v) is 11.2. The molecule has 2 aromatic carbocycles. The molecule has 1 aromatic heterocycles. The lowest BCUT2D eigenvalue weighted by atomic mass is 9.97. The number of carbonyl (C=O) groups excluding carboxylic acids is 1. The van der Waals surface area contributed by atoms with Crippen LogP contribution in [0.1, 0.15) is 44.1 Å².